The molecule has 0 rings (SSSR count). The minimum atomic E-state index is -0.789. The second-order valence-electron chi connectivity index (χ2n) is 4.81. The van der Waals surface area contributed by atoms with Crippen LogP contribution in [-0.2, 0) is 4.79 Å². The van der Waals surface area contributed by atoms with Crippen LogP contribution >= 0.6 is 0 Å². The van der Waals surface area contributed by atoms with E-state index in [0.717, 1.165) is 0 Å². The van der Waals surface area contributed by atoms with Gasteiger partial charge in [0.25, 0.3) is 0 Å². The number of carboxylic acid groups (broad SMARTS) is 1. The zero-order valence-electron chi connectivity index (χ0n) is 11.1. The van der Waals surface area contributed by atoms with Crippen molar-refractivity contribution in [2.24, 2.45) is 11.8 Å². The highest BCUT2D eigenvalue weighted by Crippen LogP contribution is 2.04. The van der Waals surface area contributed by atoms with Gasteiger partial charge >= 0.3 is 12.0 Å². The molecule has 100 valence electrons. The third-order valence-electron chi connectivity index (χ3n) is 2.88. The summed E-state index contributed by atoms with van der Waals surface area (Å²) in [5.74, 6) is -0.745. The zero-order chi connectivity index (χ0) is 13.4. The Morgan fingerprint density at radius 1 is 1.18 bits per heavy atom. The van der Waals surface area contributed by atoms with Crippen molar-refractivity contribution in [1.29, 1.82) is 0 Å². The van der Waals surface area contributed by atoms with Crippen LogP contribution in [0.2, 0.25) is 0 Å². The van der Waals surface area contributed by atoms with Crippen LogP contribution in [0.25, 0.3) is 0 Å². The van der Waals surface area contributed by atoms with Gasteiger partial charge in [-0.2, -0.15) is 0 Å². The zero-order valence-corrected chi connectivity index (χ0v) is 11.1. The number of carbonyl (C=O) groups is 2. The molecule has 0 bridgehead atoms. The first kappa shape index (κ1) is 15.7. The van der Waals surface area contributed by atoms with Crippen LogP contribution in [0, 0.1) is 11.8 Å². The molecule has 0 aliphatic heterocycles. The average Bonchev–Trinajstić information content (AvgIpc) is 2.23. The summed E-state index contributed by atoms with van der Waals surface area (Å²) in [5, 5.41) is 14.2. The van der Waals surface area contributed by atoms with Gasteiger partial charge in [-0.15, -0.1) is 0 Å². The fraction of sp³-hybridized carbons (Fsp3) is 0.833. The summed E-state index contributed by atoms with van der Waals surface area (Å²) >= 11 is 0. The molecule has 2 atom stereocenters. The van der Waals surface area contributed by atoms with E-state index in [1.54, 1.807) is 6.92 Å². The number of hydrogen-bond acceptors (Lipinski definition) is 2. The summed E-state index contributed by atoms with van der Waals surface area (Å²) in [6.45, 7) is 8.22. The van der Waals surface area contributed by atoms with Gasteiger partial charge in [0.15, 0.2) is 0 Å². The second-order valence-corrected chi connectivity index (χ2v) is 4.81. The van der Waals surface area contributed by atoms with Gasteiger partial charge in [-0.25, -0.2) is 4.79 Å². The first-order valence-corrected chi connectivity index (χ1v) is 6.11. The van der Waals surface area contributed by atoms with Crippen molar-refractivity contribution in [2.45, 2.75) is 46.6 Å². The van der Waals surface area contributed by atoms with Crippen LogP contribution in [0.3, 0.4) is 0 Å². The van der Waals surface area contributed by atoms with Gasteiger partial charge in [0.2, 0.25) is 0 Å². The number of nitrogens with one attached hydrogen (secondary N) is 2. The molecule has 3 N–H and O–H groups in total. The average molecular weight is 244 g/mol. The Hall–Kier alpha value is -1.26. The van der Waals surface area contributed by atoms with Crippen LogP contribution < -0.4 is 10.6 Å². The quantitative estimate of drug-likeness (QED) is 0.598. The first-order valence-electron chi connectivity index (χ1n) is 6.11. The maximum atomic E-state index is 11.4. The van der Waals surface area contributed by atoms with E-state index in [9.17, 15) is 9.59 Å². The molecule has 0 saturated carbocycles. The summed E-state index contributed by atoms with van der Waals surface area (Å²) in [4.78, 5) is 21.9. The molecule has 0 aliphatic carbocycles. The molecule has 0 radical (unpaired) electrons. The number of aliphatic carboxylic acids is 1. The standard InChI is InChI=1S/C12H24N2O3/c1-8(2)10(4)14-12(17)13-7-5-6-9(3)11(15)16/h8-10H,5-7H2,1-4H3,(H,15,16)(H2,13,14,17). The van der Waals surface area contributed by atoms with Crippen LogP contribution in [0.5, 0.6) is 0 Å². The number of carbonyl (C=O) groups excluding carboxylic acids is 1. The van der Waals surface area contributed by atoms with Gasteiger partial charge in [-0.1, -0.05) is 20.8 Å². The van der Waals surface area contributed by atoms with Crippen LogP contribution in [0.15, 0.2) is 0 Å². The number of rotatable bonds is 7. The first-order chi connectivity index (χ1) is 7.84. The maximum Gasteiger partial charge on any atom is 0.315 e. The largest absolute Gasteiger partial charge is 0.481 e. The smallest absolute Gasteiger partial charge is 0.315 e. The molecule has 0 fully saturated rings. The minimum absolute atomic E-state index is 0.132. The molecule has 0 spiro atoms. The Bertz CT molecular complexity index is 254. The molecule has 0 aromatic carbocycles. The summed E-state index contributed by atoms with van der Waals surface area (Å²) in [6, 6.07) is -0.0536. The lowest BCUT2D eigenvalue weighted by Crippen LogP contribution is -2.43. The number of carboxylic acids is 1. The molecule has 0 heterocycles. The molecule has 0 saturated heterocycles. The van der Waals surface area contributed by atoms with E-state index < -0.39 is 5.97 Å². The lowest BCUT2D eigenvalue weighted by molar-refractivity contribution is -0.141. The van der Waals surface area contributed by atoms with Crippen molar-refractivity contribution in [1.82, 2.24) is 10.6 Å². The number of amides is 2. The fourth-order valence-corrected chi connectivity index (χ4v) is 1.16. The topological polar surface area (TPSA) is 78.4 Å². The maximum absolute atomic E-state index is 11.4. The van der Waals surface area contributed by atoms with Gasteiger partial charge in [0.1, 0.15) is 0 Å². The molecule has 0 aliphatic rings. The molecule has 2 unspecified atom stereocenters. The molecular weight excluding hydrogens is 220 g/mol. The van der Waals surface area contributed by atoms with E-state index in [-0.39, 0.29) is 18.0 Å². The summed E-state index contributed by atoms with van der Waals surface area (Å²) < 4.78 is 0. The minimum Gasteiger partial charge on any atom is -0.481 e. The van der Waals surface area contributed by atoms with Gasteiger partial charge in [-0.3, -0.25) is 4.79 Å². The Kier molecular flexibility index (Phi) is 7.34. The Morgan fingerprint density at radius 2 is 1.76 bits per heavy atom. The number of hydrogen-bond donors (Lipinski definition) is 3. The molecular formula is C12H24N2O3. The predicted octanol–water partition coefficient (Wildman–Crippen LogP) is 1.83. The monoisotopic (exact) mass is 244 g/mol. The SMILES string of the molecule is CC(CCCNC(=O)NC(C)C(C)C)C(=O)O. The second kappa shape index (κ2) is 7.92. The van der Waals surface area contributed by atoms with E-state index in [4.69, 9.17) is 5.11 Å². The van der Waals surface area contributed by atoms with Crippen molar-refractivity contribution in [3.8, 4) is 0 Å². The van der Waals surface area contributed by atoms with E-state index >= 15 is 0 Å². The lowest BCUT2D eigenvalue weighted by atomic mass is 10.1. The molecule has 5 heteroatoms. The lowest BCUT2D eigenvalue weighted by Gasteiger charge is -2.17. The van der Waals surface area contributed by atoms with Crippen molar-refractivity contribution in [3.05, 3.63) is 0 Å². The van der Waals surface area contributed by atoms with E-state index in [2.05, 4.69) is 10.6 Å². The van der Waals surface area contributed by atoms with E-state index in [1.165, 1.54) is 0 Å². The molecule has 0 aromatic rings. The summed E-state index contributed by atoms with van der Waals surface area (Å²) in [7, 11) is 0. The molecule has 0 aromatic heterocycles. The van der Waals surface area contributed by atoms with E-state index in [0.29, 0.717) is 25.3 Å². The van der Waals surface area contributed by atoms with Crippen LogP contribution in [0.4, 0.5) is 4.79 Å². The Morgan fingerprint density at radius 3 is 2.24 bits per heavy atom. The predicted molar refractivity (Wildman–Crippen MR) is 66.9 cm³/mol. The normalized spacial score (nSPS) is 14.2. The Balaban J connectivity index is 3.62. The fourth-order valence-electron chi connectivity index (χ4n) is 1.16. The third kappa shape index (κ3) is 7.60. The summed E-state index contributed by atoms with van der Waals surface area (Å²) in [5.41, 5.74) is 0. The third-order valence-corrected chi connectivity index (χ3v) is 2.88. The highest BCUT2D eigenvalue weighted by atomic mass is 16.4. The molecule has 2 amide bonds. The van der Waals surface area contributed by atoms with E-state index in [1.807, 2.05) is 20.8 Å². The summed E-state index contributed by atoms with van der Waals surface area (Å²) in [6.07, 6.45) is 1.26. The van der Waals surface area contributed by atoms with Crippen LogP contribution in [-0.4, -0.2) is 29.7 Å². The van der Waals surface area contributed by atoms with Crippen molar-refractivity contribution in [3.63, 3.8) is 0 Å². The van der Waals surface area contributed by atoms with Crippen LogP contribution in [0.1, 0.15) is 40.5 Å². The Labute approximate surface area is 103 Å². The number of urea groups is 1. The molecule has 17 heavy (non-hydrogen) atoms. The van der Waals surface area contributed by atoms with Crippen molar-refractivity contribution < 1.29 is 14.7 Å². The van der Waals surface area contributed by atoms with Crippen molar-refractivity contribution >= 4 is 12.0 Å². The van der Waals surface area contributed by atoms with Gasteiger partial charge in [-0.05, 0) is 25.7 Å². The van der Waals surface area contributed by atoms with Gasteiger partial charge in [0, 0.05) is 12.6 Å². The van der Waals surface area contributed by atoms with Crippen molar-refractivity contribution in [2.75, 3.05) is 6.54 Å². The highest BCUT2D eigenvalue weighted by Gasteiger charge is 2.11. The van der Waals surface area contributed by atoms with Gasteiger partial charge < -0.3 is 15.7 Å². The van der Waals surface area contributed by atoms with Gasteiger partial charge in [0.05, 0.1) is 5.92 Å². The molecule has 5 nitrogen and oxygen atoms in total. The highest BCUT2D eigenvalue weighted by molar-refractivity contribution is 5.74.